The van der Waals surface area contributed by atoms with Crippen LogP contribution in [0.1, 0.15) is 0 Å². The highest BCUT2D eigenvalue weighted by Crippen LogP contribution is 2.18. The van der Waals surface area contributed by atoms with Gasteiger partial charge >= 0.3 is 12.1 Å². The average Bonchev–Trinajstić information content (AvgIpc) is 2.65. The van der Waals surface area contributed by atoms with Crippen LogP contribution >= 0.6 is 0 Å². The first kappa shape index (κ1) is 15.1. The summed E-state index contributed by atoms with van der Waals surface area (Å²) in [7, 11) is 0. The Hall–Kier alpha value is -1.97. The maximum atomic E-state index is 11.3. The Bertz CT molecular complexity index is 397. The smallest absolute Gasteiger partial charge is 0.363 e. The molecule has 4 amide bonds. The third kappa shape index (κ3) is 3.50. The number of rotatable bonds is 2. The molecule has 0 unspecified atom stereocenters. The lowest BCUT2D eigenvalue weighted by atomic mass is 10.1. The van der Waals surface area contributed by atoms with Crippen LogP contribution in [0.15, 0.2) is 0 Å². The van der Waals surface area contributed by atoms with Crippen molar-refractivity contribution in [2.24, 2.45) is 0 Å². The molecule has 1 aliphatic rings. The molecule has 1 aliphatic heterocycles. The molecular weight excluding hydrogens is 264 g/mol. The summed E-state index contributed by atoms with van der Waals surface area (Å²) >= 11 is 0. The molecule has 1 rings (SSSR count). The summed E-state index contributed by atoms with van der Waals surface area (Å²) in [6.45, 7) is -0.574. The van der Waals surface area contributed by atoms with Crippen molar-refractivity contribution in [1.29, 1.82) is 5.26 Å². The van der Waals surface area contributed by atoms with Crippen molar-refractivity contribution in [3.63, 3.8) is 0 Å². The van der Waals surface area contributed by atoms with Crippen LogP contribution in [0.25, 0.3) is 0 Å². The van der Waals surface area contributed by atoms with Gasteiger partial charge in [-0.1, -0.05) is 0 Å². The van der Waals surface area contributed by atoms with E-state index in [4.69, 9.17) is 20.3 Å². The van der Waals surface area contributed by atoms with E-state index in [2.05, 4.69) is 0 Å². The molecule has 0 spiro atoms. The van der Waals surface area contributed by atoms with Crippen molar-refractivity contribution < 1.29 is 34.9 Å². The Kier molecular flexibility index (Phi) is 4.98. The molecule has 11 heteroatoms. The second-order valence-electron chi connectivity index (χ2n) is 3.57. The number of nitrogens with zero attached hydrogens (tertiary/aromatic N) is 2. The Morgan fingerprint density at radius 1 is 1.37 bits per heavy atom. The molecule has 106 valence electrons. The van der Waals surface area contributed by atoms with E-state index in [0.717, 1.165) is 6.19 Å². The van der Waals surface area contributed by atoms with Gasteiger partial charge in [-0.25, -0.2) is 9.59 Å². The van der Waals surface area contributed by atoms with Crippen LogP contribution in [0.4, 0.5) is 9.59 Å². The lowest BCUT2D eigenvalue weighted by Gasteiger charge is -2.16. The van der Waals surface area contributed by atoms with E-state index in [-0.39, 0.29) is 0 Å². The number of carbonyl (C=O) groups is 2. The summed E-state index contributed by atoms with van der Waals surface area (Å²) in [5.74, 6) is 0. The Morgan fingerprint density at radius 2 is 2.00 bits per heavy atom. The van der Waals surface area contributed by atoms with E-state index < -0.39 is 48.3 Å². The maximum Gasteiger partial charge on any atom is 0.363 e. The molecule has 0 saturated carbocycles. The van der Waals surface area contributed by atoms with Gasteiger partial charge in [-0.3, -0.25) is 10.5 Å². The highest BCUT2D eigenvalue weighted by Gasteiger charge is 2.43. The van der Waals surface area contributed by atoms with E-state index in [1.807, 2.05) is 5.32 Å². The number of ether oxygens (including phenoxy) is 1. The van der Waals surface area contributed by atoms with Gasteiger partial charge in [0.15, 0.2) is 6.23 Å². The normalized spacial score (nSPS) is 29.4. The van der Waals surface area contributed by atoms with Gasteiger partial charge in [-0.2, -0.15) is 5.26 Å². The minimum atomic E-state index is -1.50. The number of urea groups is 2. The molecule has 0 aromatic carbocycles. The zero-order chi connectivity index (χ0) is 14.6. The standard InChI is InChI=1S/C8H12N4O7/c9-2-12(18)8(17)11-7(16)10-6-5(15)4(14)3(1-13)19-6/h3-6,13-15,18H,1H2,(H2,10,11,16,17)/t3-,4-,5-,6-/m1/s1. The monoisotopic (exact) mass is 276 g/mol. The summed E-state index contributed by atoms with van der Waals surface area (Å²) in [6, 6.07) is -2.58. The molecule has 6 N–H and O–H groups in total. The number of aliphatic hydroxyl groups is 3. The van der Waals surface area contributed by atoms with E-state index in [0.29, 0.717) is 0 Å². The van der Waals surface area contributed by atoms with Gasteiger partial charge in [0.1, 0.15) is 18.3 Å². The van der Waals surface area contributed by atoms with Crippen LogP contribution in [0, 0.1) is 11.5 Å². The number of aliphatic hydroxyl groups excluding tert-OH is 3. The van der Waals surface area contributed by atoms with Crippen molar-refractivity contribution in [1.82, 2.24) is 15.7 Å². The number of hydrogen-bond acceptors (Lipinski definition) is 8. The second kappa shape index (κ2) is 6.27. The Balaban J connectivity index is 2.50. The van der Waals surface area contributed by atoms with Crippen LogP contribution in [-0.2, 0) is 4.74 Å². The summed E-state index contributed by atoms with van der Waals surface area (Å²) in [4.78, 5) is 22.2. The first-order chi connectivity index (χ1) is 8.90. The number of carbonyl (C=O) groups excluding carboxylic acids is 2. The van der Waals surface area contributed by atoms with Crippen LogP contribution in [-0.4, -0.2) is 68.8 Å². The fraction of sp³-hybridized carbons (Fsp3) is 0.625. The third-order valence-corrected chi connectivity index (χ3v) is 2.32. The Morgan fingerprint density at radius 3 is 2.47 bits per heavy atom. The molecular formula is C8H12N4O7. The number of amides is 4. The van der Waals surface area contributed by atoms with E-state index in [1.165, 1.54) is 0 Å². The largest absolute Gasteiger partial charge is 0.394 e. The third-order valence-electron chi connectivity index (χ3n) is 2.32. The molecule has 0 bridgehead atoms. The number of nitriles is 1. The lowest BCUT2D eigenvalue weighted by molar-refractivity contribution is -0.0287. The molecule has 0 aromatic heterocycles. The van der Waals surface area contributed by atoms with E-state index in [1.54, 1.807) is 5.32 Å². The highest BCUT2D eigenvalue weighted by molar-refractivity contribution is 5.93. The van der Waals surface area contributed by atoms with Crippen LogP contribution in [0.2, 0.25) is 0 Å². The molecule has 19 heavy (non-hydrogen) atoms. The van der Waals surface area contributed by atoms with Crippen molar-refractivity contribution in [3.8, 4) is 6.19 Å². The summed E-state index contributed by atoms with van der Waals surface area (Å²) in [5.41, 5.74) is 0. The average molecular weight is 276 g/mol. The van der Waals surface area contributed by atoms with Crippen LogP contribution < -0.4 is 10.6 Å². The molecule has 0 aliphatic carbocycles. The van der Waals surface area contributed by atoms with Gasteiger partial charge in [-0.05, 0) is 0 Å². The molecule has 1 saturated heterocycles. The zero-order valence-electron chi connectivity index (χ0n) is 9.42. The van der Waals surface area contributed by atoms with Crippen LogP contribution in [0.5, 0.6) is 0 Å². The highest BCUT2D eigenvalue weighted by atomic mass is 16.6. The number of nitrogens with one attached hydrogen (secondary N) is 2. The summed E-state index contributed by atoms with van der Waals surface area (Å²) < 4.78 is 4.90. The molecule has 0 radical (unpaired) electrons. The predicted molar refractivity (Wildman–Crippen MR) is 54.1 cm³/mol. The first-order valence-electron chi connectivity index (χ1n) is 5.03. The van der Waals surface area contributed by atoms with Gasteiger partial charge in [0.05, 0.1) is 6.61 Å². The van der Waals surface area contributed by atoms with Gasteiger partial charge in [-0.15, -0.1) is 5.06 Å². The van der Waals surface area contributed by atoms with Crippen molar-refractivity contribution in [2.75, 3.05) is 6.61 Å². The molecule has 11 nitrogen and oxygen atoms in total. The summed E-state index contributed by atoms with van der Waals surface area (Å²) in [6.07, 6.45) is -4.30. The minimum Gasteiger partial charge on any atom is -0.394 e. The van der Waals surface area contributed by atoms with Crippen molar-refractivity contribution >= 4 is 12.1 Å². The second-order valence-corrected chi connectivity index (χ2v) is 3.57. The van der Waals surface area contributed by atoms with E-state index in [9.17, 15) is 19.8 Å². The van der Waals surface area contributed by atoms with E-state index >= 15 is 0 Å². The first-order valence-corrected chi connectivity index (χ1v) is 5.03. The minimum absolute atomic E-state index is 0.420. The quantitative estimate of drug-likeness (QED) is 0.134. The van der Waals surface area contributed by atoms with Gasteiger partial charge in [0, 0.05) is 0 Å². The number of imide groups is 1. The molecule has 1 heterocycles. The fourth-order valence-electron chi connectivity index (χ4n) is 1.38. The number of hydroxylamine groups is 2. The van der Waals surface area contributed by atoms with Gasteiger partial charge < -0.3 is 25.4 Å². The molecule has 0 aromatic rings. The number of hydrogen-bond donors (Lipinski definition) is 6. The van der Waals surface area contributed by atoms with Crippen LogP contribution in [0.3, 0.4) is 0 Å². The summed E-state index contributed by atoms with van der Waals surface area (Å²) in [5, 5.41) is 47.6. The molecule has 1 fully saturated rings. The fourth-order valence-corrected chi connectivity index (χ4v) is 1.38. The SMILES string of the molecule is N#CN(O)C(=O)NC(=O)N[C@@H]1O[C@H](CO)[C@@H](O)[C@H]1O. The zero-order valence-corrected chi connectivity index (χ0v) is 9.42. The lowest BCUT2D eigenvalue weighted by Crippen LogP contribution is -2.51. The van der Waals surface area contributed by atoms with Crippen molar-refractivity contribution in [3.05, 3.63) is 0 Å². The maximum absolute atomic E-state index is 11.3. The van der Waals surface area contributed by atoms with Gasteiger partial charge in [0.25, 0.3) is 0 Å². The predicted octanol–water partition coefficient (Wildman–Crippen LogP) is -2.98. The topological polar surface area (TPSA) is 175 Å². The Labute approximate surface area is 106 Å². The van der Waals surface area contributed by atoms with Crippen molar-refractivity contribution in [2.45, 2.75) is 24.5 Å². The van der Waals surface area contributed by atoms with Gasteiger partial charge in [0.2, 0.25) is 6.19 Å². The molecule has 4 atom stereocenters.